The van der Waals surface area contributed by atoms with E-state index in [4.69, 9.17) is 6.85 Å². The van der Waals surface area contributed by atoms with Gasteiger partial charge in [-0.25, -0.2) is 4.98 Å². The lowest BCUT2D eigenvalue weighted by atomic mass is 9.84. The van der Waals surface area contributed by atoms with Crippen LogP contribution in [0.4, 0.5) is 0 Å². The number of hydrogen-bond acceptors (Lipinski definition) is 2. The minimum Gasteiger partial charge on any atom is -0.296 e. The molecule has 0 saturated heterocycles. The van der Waals surface area contributed by atoms with Gasteiger partial charge >= 0.3 is 0 Å². The minimum atomic E-state index is -2.91. The lowest BCUT2D eigenvalue weighted by Crippen LogP contribution is -2.00. The molecule has 0 aliphatic heterocycles. The maximum atomic E-state index is 8.63. The maximum absolute atomic E-state index is 8.63. The second-order valence-corrected chi connectivity index (χ2v) is 13.7. The predicted molar refractivity (Wildman–Crippen MR) is 230 cm³/mol. The zero-order valence-electron chi connectivity index (χ0n) is 34.8. The molecule has 0 bridgehead atoms. The van der Waals surface area contributed by atoms with Crippen molar-refractivity contribution in [1.82, 2.24) is 14.5 Å². The second-order valence-electron chi connectivity index (χ2n) is 13.7. The highest BCUT2D eigenvalue weighted by Crippen LogP contribution is 2.46. The molecule has 0 saturated carbocycles. The van der Waals surface area contributed by atoms with Crippen LogP contribution in [0, 0.1) is 0 Å². The molecule has 3 nitrogen and oxygen atoms in total. The van der Waals surface area contributed by atoms with E-state index in [0.29, 0.717) is 16.7 Å². The Kier molecular flexibility index (Phi) is 6.85. The Balaban J connectivity index is 1.04. The van der Waals surface area contributed by atoms with Gasteiger partial charge in [-0.15, -0.1) is 0 Å². The highest BCUT2D eigenvalue weighted by atomic mass is 15.1. The molecule has 8 aromatic carbocycles. The zero-order chi connectivity index (χ0) is 41.0. The normalized spacial score (nSPS) is 13.3. The number of hydrogen-bond donors (Lipinski definition) is 0. The van der Waals surface area contributed by atoms with Gasteiger partial charge < -0.3 is 0 Å². The van der Waals surface area contributed by atoms with Gasteiger partial charge in [0.1, 0.15) is 5.82 Å². The molecule has 0 amide bonds. The van der Waals surface area contributed by atoms with Crippen molar-refractivity contribution in [2.75, 3.05) is 0 Å². The number of para-hydroxylation sites is 2. The quantitative estimate of drug-likeness (QED) is 0.154. The third-order valence-electron chi connectivity index (χ3n) is 10.6. The smallest absolute Gasteiger partial charge is 0.114 e. The Morgan fingerprint density at radius 1 is 0.491 bits per heavy atom. The summed E-state index contributed by atoms with van der Waals surface area (Å²) in [5.74, 6) is -0.153. The molecular weight excluding hydrogens is 667 g/mol. The van der Waals surface area contributed by atoms with E-state index in [0.717, 1.165) is 38.9 Å². The average molecular weight is 709 g/mol. The van der Waals surface area contributed by atoms with Gasteiger partial charge in [-0.1, -0.05) is 152 Å². The molecule has 55 heavy (non-hydrogen) atoms. The predicted octanol–water partition coefficient (Wildman–Crippen LogP) is 13.6. The fourth-order valence-corrected chi connectivity index (χ4v) is 8.11. The van der Waals surface area contributed by atoms with Crippen molar-refractivity contribution in [3.8, 4) is 61.3 Å². The SMILES string of the molecule is [2H]C([2H])([2H])C([2H])([2H])c1nc2ccccc2n1-c1cccc(-c2cccc(-c3ccc(-c4c5ccccc5c(-c5ccccc5-c5cccnc5)c5ccccc45)cc3)c2)c1. The molecule has 260 valence electrons. The number of benzene rings is 8. The van der Waals surface area contributed by atoms with Gasteiger partial charge in [0.15, 0.2) is 0 Å². The molecule has 0 unspecified atom stereocenters. The van der Waals surface area contributed by atoms with Crippen molar-refractivity contribution >= 4 is 32.6 Å². The van der Waals surface area contributed by atoms with Crippen molar-refractivity contribution in [2.45, 2.75) is 13.2 Å². The van der Waals surface area contributed by atoms with Crippen LogP contribution >= 0.6 is 0 Å². The topological polar surface area (TPSA) is 30.7 Å². The summed E-state index contributed by atoms with van der Waals surface area (Å²) in [5, 5.41) is 4.74. The molecule has 0 N–H and O–H groups in total. The lowest BCUT2D eigenvalue weighted by molar-refractivity contribution is 0.908. The van der Waals surface area contributed by atoms with Crippen LogP contribution in [0.3, 0.4) is 0 Å². The van der Waals surface area contributed by atoms with Crippen molar-refractivity contribution in [2.24, 2.45) is 0 Å². The molecule has 3 heteroatoms. The van der Waals surface area contributed by atoms with E-state index < -0.39 is 13.2 Å². The molecule has 10 aromatic rings. The van der Waals surface area contributed by atoms with Crippen molar-refractivity contribution in [3.05, 3.63) is 200 Å². The molecule has 0 fully saturated rings. The van der Waals surface area contributed by atoms with E-state index in [2.05, 4.69) is 131 Å². The number of nitrogens with zero attached hydrogens (tertiary/aromatic N) is 3. The largest absolute Gasteiger partial charge is 0.296 e. The summed E-state index contributed by atoms with van der Waals surface area (Å²) in [4.78, 5) is 8.94. The Morgan fingerprint density at radius 2 is 1.07 bits per heavy atom. The van der Waals surface area contributed by atoms with Crippen LogP contribution in [-0.2, 0) is 6.37 Å². The first-order valence-electron chi connectivity index (χ1n) is 20.9. The summed E-state index contributed by atoms with van der Waals surface area (Å²) in [6, 6.07) is 62.2. The van der Waals surface area contributed by atoms with Gasteiger partial charge in [-0.2, -0.15) is 0 Å². The van der Waals surface area contributed by atoms with E-state index >= 15 is 0 Å². The minimum absolute atomic E-state index is 0.153. The third-order valence-corrected chi connectivity index (χ3v) is 10.6. The van der Waals surface area contributed by atoms with Gasteiger partial charge in [0.2, 0.25) is 0 Å². The molecular formula is C52H37N3. The van der Waals surface area contributed by atoms with E-state index in [9.17, 15) is 0 Å². The van der Waals surface area contributed by atoms with Crippen LogP contribution in [0.5, 0.6) is 0 Å². The number of fused-ring (bicyclic) bond motifs is 3. The first-order chi connectivity index (χ1) is 29.2. The van der Waals surface area contributed by atoms with Crippen molar-refractivity contribution < 1.29 is 6.85 Å². The Bertz CT molecular complexity index is 3170. The average Bonchev–Trinajstić information content (AvgIpc) is 3.69. The first-order valence-corrected chi connectivity index (χ1v) is 18.4. The zero-order valence-corrected chi connectivity index (χ0v) is 29.8. The number of imidazole rings is 1. The second kappa shape index (κ2) is 13.7. The first kappa shape index (κ1) is 27.5. The van der Waals surface area contributed by atoms with Crippen LogP contribution in [0.1, 0.15) is 19.5 Å². The van der Waals surface area contributed by atoms with Gasteiger partial charge in [0.25, 0.3) is 0 Å². The summed E-state index contributed by atoms with van der Waals surface area (Å²) >= 11 is 0. The van der Waals surface area contributed by atoms with Gasteiger partial charge in [0, 0.05) is 36.9 Å². The maximum Gasteiger partial charge on any atom is 0.114 e. The lowest BCUT2D eigenvalue weighted by Gasteiger charge is -2.19. The summed E-state index contributed by atoms with van der Waals surface area (Å²) in [6.45, 7) is -2.91. The standard InChI is InChI=1S/C52H37N3/c1-2-50-54-48-25-9-10-26-49(48)55(50)41-18-12-16-39(33-41)38-15-11-14-37(32-38)35-27-29-36(30-28-35)51-44-21-5-7-23-46(44)52(47-24-8-6-22-45(47)51)43-20-4-3-19-42(43)40-17-13-31-53-34-40/h3-34H,2H2,1H3/i1D3,2D2. The summed E-state index contributed by atoms with van der Waals surface area (Å²) in [5.41, 5.74) is 12.7. The van der Waals surface area contributed by atoms with E-state index in [1.165, 1.54) is 38.2 Å². The van der Waals surface area contributed by atoms with Gasteiger partial charge in [-0.3, -0.25) is 9.55 Å². The number of aryl methyl sites for hydroxylation is 1. The van der Waals surface area contributed by atoms with E-state index in [-0.39, 0.29) is 5.82 Å². The highest BCUT2D eigenvalue weighted by molar-refractivity contribution is 6.22. The van der Waals surface area contributed by atoms with E-state index in [1.807, 2.05) is 67.0 Å². The van der Waals surface area contributed by atoms with Crippen molar-refractivity contribution in [1.29, 1.82) is 0 Å². The molecule has 2 heterocycles. The molecule has 0 spiro atoms. The molecule has 0 aliphatic rings. The molecule has 2 aromatic heterocycles. The molecule has 0 radical (unpaired) electrons. The monoisotopic (exact) mass is 708 g/mol. The Hall–Kier alpha value is -7.10. The summed E-state index contributed by atoms with van der Waals surface area (Å²) < 4.78 is 42.9. The Morgan fingerprint density at radius 3 is 1.78 bits per heavy atom. The molecule has 0 aliphatic carbocycles. The summed E-state index contributed by atoms with van der Waals surface area (Å²) in [7, 11) is 0. The van der Waals surface area contributed by atoms with Gasteiger partial charge in [-0.05, 0) is 108 Å². The number of rotatable bonds is 7. The molecule has 0 atom stereocenters. The number of pyridine rings is 1. The fraction of sp³-hybridized carbons (Fsp3) is 0.0385. The van der Waals surface area contributed by atoms with Crippen LogP contribution in [0.25, 0.3) is 93.9 Å². The van der Waals surface area contributed by atoms with Crippen molar-refractivity contribution in [3.63, 3.8) is 0 Å². The fourth-order valence-electron chi connectivity index (χ4n) is 8.11. The number of aromatic nitrogens is 3. The third kappa shape index (κ3) is 5.69. The van der Waals surface area contributed by atoms with Crippen LogP contribution in [0.2, 0.25) is 0 Å². The Labute approximate surface area is 327 Å². The summed E-state index contributed by atoms with van der Waals surface area (Å²) in [6.07, 6.45) is 1.06. The van der Waals surface area contributed by atoms with Gasteiger partial charge in [0.05, 0.1) is 11.0 Å². The highest BCUT2D eigenvalue weighted by Gasteiger charge is 2.19. The van der Waals surface area contributed by atoms with Crippen LogP contribution in [-0.4, -0.2) is 14.5 Å². The van der Waals surface area contributed by atoms with Crippen LogP contribution in [0.15, 0.2) is 194 Å². The molecule has 10 rings (SSSR count). The van der Waals surface area contributed by atoms with Crippen LogP contribution < -0.4 is 0 Å². The van der Waals surface area contributed by atoms with E-state index in [1.54, 1.807) is 10.6 Å².